The molecule has 1 amide bonds. The molecule has 2 aromatic heterocycles. The number of aryl methyl sites for hydroxylation is 1. The lowest BCUT2D eigenvalue weighted by Crippen LogP contribution is -2.56. The summed E-state index contributed by atoms with van der Waals surface area (Å²) in [6.45, 7) is 1.83. The van der Waals surface area contributed by atoms with Crippen LogP contribution in [0, 0.1) is 6.92 Å². The number of carboxylic acid groups (broad SMARTS) is 1. The number of aromatic nitrogens is 4. The van der Waals surface area contributed by atoms with Gasteiger partial charge in [-0.2, -0.15) is 4.98 Å². The summed E-state index contributed by atoms with van der Waals surface area (Å²) >= 11 is 0. The number of hydrogen-bond acceptors (Lipinski definition) is 5. The Hall–Kier alpha value is -2.51. The molecule has 0 atom stereocenters. The Morgan fingerprint density at radius 2 is 2.00 bits per heavy atom. The van der Waals surface area contributed by atoms with Crippen molar-refractivity contribution in [3.8, 4) is 0 Å². The third-order valence-electron chi connectivity index (χ3n) is 4.65. The number of aliphatic carboxylic acids is 1. The number of nitrogens with zero attached hydrogens (tertiary/aromatic N) is 5. The van der Waals surface area contributed by atoms with Crippen molar-refractivity contribution in [2.45, 2.75) is 44.6 Å². The Morgan fingerprint density at radius 3 is 2.61 bits per heavy atom. The van der Waals surface area contributed by atoms with E-state index in [0.29, 0.717) is 18.6 Å². The fourth-order valence-electron chi connectivity index (χ4n) is 3.17. The van der Waals surface area contributed by atoms with Crippen LogP contribution in [0.25, 0.3) is 5.78 Å². The van der Waals surface area contributed by atoms with Gasteiger partial charge in [-0.3, -0.25) is 4.79 Å². The van der Waals surface area contributed by atoms with Crippen molar-refractivity contribution in [1.29, 1.82) is 0 Å². The van der Waals surface area contributed by atoms with Crippen LogP contribution in [0.5, 0.6) is 0 Å². The van der Waals surface area contributed by atoms with Crippen molar-refractivity contribution in [3.05, 3.63) is 23.8 Å². The molecule has 8 heteroatoms. The van der Waals surface area contributed by atoms with Gasteiger partial charge in [0, 0.05) is 18.9 Å². The van der Waals surface area contributed by atoms with E-state index in [2.05, 4.69) is 15.1 Å². The van der Waals surface area contributed by atoms with E-state index in [4.69, 9.17) is 0 Å². The Kier molecular flexibility index (Phi) is 3.75. The summed E-state index contributed by atoms with van der Waals surface area (Å²) in [5, 5.41) is 13.9. The quantitative estimate of drug-likeness (QED) is 0.915. The first-order valence-electron chi connectivity index (χ1n) is 7.66. The lowest BCUT2D eigenvalue weighted by atomic mass is 9.80. The Morgan fingerprint density at radius 1 is 1.30 bits per heavy atom. The van der Waals surface area contributed by atoms with Crippen LogP contribution >= 0.6 is 0 Å². The zero-order valence-electron chi connectivity index (χ0n) is 13.2. The van der Waals surface area contributed by atoms with Crippen LogP contribution in [-0.2, 0) is 4.79 Å². The number of fused-ring (bicyclic) bond motifs is 1. The molecule has 2 heterocycles. The van der Waals surface area contributed by atoms with E-state index < -0.39 is 17.4 Å². The molecule has 1 saturated carbocycles. The molecule has 0 unspecified atom stereocenters. The van der Waals surface area contributed by atoms with Gasteiger partial charge in [0.05, 0.1) is 0 Å². The van der Waals surface area contributed by atoms with Crippen molar-refractivity contribution < 1.29 is 14.7 Å². The molecule has 122 valence electrons. The average molecular weight is 317 g/mol. The van der Waals surface area contributed by atoms with Crippen LogP contribution in [0.15, 0.2) is 12.3 Å². The molecular formula is C15H19N5O3. The highest BCUT2D eigenvalue weighted by Gasteiger charge is 2.46. The second-order valence-corrected chi connectivity index (χ2v) is 5.99. The van der Waals surface area contributed by atoms with Gasteiger partial charge in [-0.15, -0.1) is 5.10 Å². The molecule has 0 spiro atoms. The minimum atomic E-state index is -1.17. The first-order valence-corrected chi connectivity index (χ1v) is 7.66. The molecule has 1 fully saturated rings. The highest BCUT2D eigenvalue weighted by atomic mass is 16.4. The van der Waals surface area contributed by atoms with Crippen LogP contribution < -0.4 is 0 Å². The van der Waals surface area contributed by atoms with E-state index in [9.17, 15) is 14.7 Å². The molecule has 1 N–H and O–H groups in total. The maximum Gasteiger partial charge on any atom is 0.329 e. The SMILES string of the molecule is Cc1ccnc2nc(C(=O)N(C)C3(C(=O)O)CCCCC3)nn12. The molecule has 0 bridgehead atoms. The Balaban J connectivity index is 1.96. The predicted octanol–water partition coefficient (Wildman–Crippen LogP) is 1.29. The number of carbonyl (C=O) groups excluding carboxylic acids is 1. The van der Waals surface area contributed by atoms with Crippen molar-refractivity contribution in [1.82, 2.24) is 24.5 Å². The normalized spacial score (nSPS) is 17.1. The maximum absolute atomic E-state index is 12.7. The standard InChI is InChI=1S/C15H19N5O3/c1-10-6-9-16-14-17-11(18-20(10)14)12(21)19(2)15(13(22)23)7-4-3-5-8-15/h6,9H,3-5,7-8H2,1-2H3,(H,22,23). The summed E-state index contributed by atoms with van der Waals surface area (Å²) in [7, 11) is 1.52. The van der Waals surface area contributed by atoms with Crippen LogP contribution in [-0.4, -0.2) is 54.1 Å². The number of likely N-dealkylation sites (N-methyl/N-ethyl adjacent to an activating group) is 1. The lowest BCUT2D eigenvalue weighted by molar-refractivity contribution is -0.151. The summed E-state index contributed by atoms with van der Waals surface area (Å²) in [6, 6.07) is 1.76. The minimum Gasteiger partial charge on any atom is -0.479 e. The van der Waals surface area contributed by atoms with Gasteiger partial charge in [0.25, 0.3) is 11.7 Å². The molecule has 8 nitrogen and oxygen atoms in total. The monoisotopic (exact) mass is 317 g/mol. The topological polar surface area (TPSA) is 101 Å². The molecule has 2 aromatic rings. The number of amides is 1. The van der Waals surface area contributed by atoms with Crippen molar-refractivity contribution >= 4 is 17.7 Å². The van der Waals surface area contributed by atoms with Crippen molar-refractivity contribution in [3.63, 3.8) is 0 Å². The fraction of sp³-hybridized carbons (Fsp3) is 0.533. The zero-order valence-corrected chi connectivity index (χ0v) is 13.2. The number of carbonyl (C=O) groups is 2. The van der Waals surface area contributed by atoms with Gasteiger partial charge < -0.3 is 10.0 Å². The largest absolute Gasteiger partial charge is 0.479 e. The third-order valence-corrected chi connectivity index (χ3v) is 4.65. The molecule has 23 heavy (non-hydrogen) atoms. The Labute approximate surface area is 133 Å². The summed E-state index contributed by atoms with van der Waals surface area (Å²) in [5.74, 6) is -1.15. The van der Waals surface area contributed by atoms with Crippen LogP contribution in [0.1, 0.15) is 48.4 Å². The fourth-order valence-corrected chi connectivity index (χ4v) is 3.17. The molecule has 0 saturated heterocycles. The first-order chi connectivity index (χ1) is 11.0. The third kappa shape index (κ3) is 2.43. The number of rotatable bonds is 3. The zero-order chi connectivity index (χ0) is 16.6. The summed E-state index contributed by atoms with van der Waals surface area (Å²) in [6.07, 6.45) is 5.08. The highest BCUT2D eigenvalue weighted by Crippen LogP contribution is 2.34. The predicted molar refractivity (Wildman–Crippen MR) is 81.1 cm³/mol. The minimum absolute atomic E-state index is 0.0273. The van der Waals surface area contributed by atoms with Gasteiger partial charge in [0.2, 0.25) is 5.82 Å². The maximum atomic E-state index is 12.7. The first kappa shape index (κ1) is 15.4. The highest BCUT2D eigenvalue weighted by molar-refractivity contribution is 5.95. The summed E-state index contributed by atoms with van der Waals surface area (Å²) < 4.78 is 1.48. The van der Waals surface area contributed by atoms with Gasteiger partial charge >= 0.3 is 5.97 Å². The number of hydrogen-bond donors (Lipinski definition) is 1. The molecule has 0 aliphatic heterocycles. The molecule has 0 radical (unpaired) electrons. The van der Waals surface area contributed by atoms with Crippen LogP contribution in [0.4, 0.5) is 0 Å². The molecule has 1 aliphatic rings. The Bertz CT molecular complexity index is 764. The van der Waals surface area contributed by atoms with E-state index in [0.717, 1.165) is 25.0 Å². The van der Waals surface area contributed by atoms with E-state index >= 15 is 0 Å². The van der Waals surface area contributed by atoms with E-state index in [1.165, 1.54) is 16.5 Å². The second kappa shape index (κ2) is 5.60. The van der Waals surface area contributed by atoms with Crippen molar-refractivity contribution in [2.75, 3.05) is 7.05 Å². The molecular weight excluding hydrogens is 298 g/mol. The number of carboxylic acids is 1. The van der Waals surface area contributed by atoms with E-state index in [1.807, 2.05) is 6.92 Å². The van der Waals surface area contributed by atoms with Gasteiger partial charge in [-0.1, -0.05) is 19.3 Å². The molecule has 1 aliphatic carbocycles. The van der Waals surface area contributed by atoms with Gasteiger partial charge in [0.15, 0.2) is 0 Å². The van der Waals surface area contributed by atoms with Gasteiger partial charge in [-0.25, -0.2) is 14.3 Å². The molecule has 0 aromatic carbocycles. The lowest BCUT2D eigenvalue weighted by Gasteiger charge is -2.40. The van der Waals surface area contributed by atoms with Gasteiger partial charge in [-0.05, 0) is 25.8 Å². The van der Waals surface area contributed by atoms with Crippen molar-refractivity contribution in [2.24, 2.45) is 0 Å². The van der Waals surface area contributed by atoms with Crippen LogP contribution in [0.3, 0.4) is 0 Å². The smallest absolute Gasteiger partial charge is 0.329 e. The summed E-state index contributed by atoms with van der Waals surface area (Å²) in [4.78, 5) is 34.1. The van der Waals surface area contributed by atoms with Gasteiger partial charge in [0.1, 0.15) is 5.54 Å². The second-order valence-electron chi connectivity index (χ2n) is 5.99. The molecule has 3 rings (SSSR count). The average Bonchev–Trinajstić information content (AvgIpc) is 2.99. The summed E-state index contributed by atoms with van der Waals surface area (Å²) in [5.41, 5.74) is -0.371. The van der Waals surface area contributed by atoms with Crippen LogP contribution in [0.2, 0.25) is 0 Å². The van der Waals surface area contributed by atoms with E-state index in [-0.39, 0.29) is 5.82 Å². The van der Waals surface area contributed by atoms with E-state index in [1.54, 1.807) is 12.3 Å².